The number of rotatable bonds is 2. The lowest BCUT2D eigenvalue weighted by Gasteiger charge is -2.27. The first kappa shape index (κ1) is 13.9. The highest BCUT2D eigenvalue weighted by molar-refractivity contribution is 5.50. The number of aromatic nitrogens is 1. The molecule has 1 aliphatic rings. The second-order valence-electron chi connectivity index (χ2n) is 4.85. The molecule has 2 rings (SSSR count). The minimum absolute atomic E-state index is 0.112. The van der Waals surface area contributed by atoms with Gasteiger partial charge in [-0.3, -0.25) is 0 Å². The van der Waals surface area contributed by atoms with E-state index in [9.17, 15) is 18.3 Å². The Balaban J connectivity index is 2.37. The molecule has 3 N–H and O–H groups in total. The smallest absolute Gasteiger partial charge is 0.394 e. The number of hydrogen-bond acceptors (Lipinski definition) is 4. The van der Waals surface area contributed by atoms with Crippen molar-refractivity contribution in [3.63, 3.8) is 0 Å². The minimum atomic E-state index is -4.45. The summed E-state index contributed by atoms with van der Waals surface area (Å²) in [4.78, 5) is 5.65. The van der Waals surface area contributed by atoms with Gasteiger partial charge in [-0.25, -0.2) is 4.98 Å². The molecule has 0 saturated carbocycles. The number of nitrogens with two attached hydrogens (primary N) is 1. The van der Waals surface area contributed by atoms with Gasteiger partial charge in [0.2, 0.25) is 0 Å². The van der Waals surface area contributed by atoms with Crippen LogP contribution in [0.15, 0.2) is 12.1 Å². The van der Waals surface area contributed by atoms with Gasteiger partial charge < -0.3 is 15.7 Å². The summed E-state index contributed by atoms with van der Waals surface area (Å²) in [5, 5.41) is 9.34. The fraction of sp³-hybridized carbons (Fsp3) is 0.583. The Morgan fingerprint density at radius 1 is 1.47 bits per heavy atom. The minimum Gasteiger partial charge on any atom is -0.394 e. The van der Waals surface area contributed by atoms with Crippen LogP contribution in [0.3, 0.4) is 0 Å². The van der Waals surface area contributed by atoms with Crippen LogP contribution >= 0.6 is 0 Å². The monoisotopic (exact) mass is 275 g/mol. The van der Waals surface area contributed by atoms with Crippen LogP contribution in [0.1, 0.15) is 18.9 Å². The Morgan fingerprint density at radius 2 is 2.16 bits per heavy atom. The average molecular weight is 275 g/mol. The normalized spacial score (nSPS) is 23.9. The maximum Gasteiger partial charge on any atom is 0.416 e. The van der Waals surface area contributed by atoms with Gasteiger partial charge in [0, 0.05) is 6.54 Å². The molecule has 0 bridgehead atoms. The maximum absolute atomic E-state index is 12.7. The van der Waals surface area contributed by atoms with Gasteiger partial charge in [-0.15, -0.1) is 0 Å². The summed E-state index contributed by atoms with van der Waals surface area (Å²) in [6, 6.07) is 1.59. The van der Waals surface area contributed by atoms with E-state index in [1.54, 1.807) is 4.90 Å². The van der Waals surface area contributed by atoms with E-state index in [1.165, 1.54) is 0 Å². The number of nitrogens with zero attached hydrogens (tertiary/aromatic N) is 2. The number of alkyl halides is 3. The first-order valence-corrected chi connectivity index (χ1v) is 6.05. The van der Waals surface area contributed by atoms with Crippen LogP contribution in [0, 0.1) is 5.92 Å². The summed E-state index contributed by atoms with van der Waals surface area (Å²) < 4.78 is 38.2. The Kier molecular flexibility index (Phi) is 3.58. The maximum atomic E-state index is 12.7. The molecule has 1 saturated heterocycles. The molecule has 19 heavy (non-hydrogen) atoms. The zero-order chi connectivity index (χ0) is 14.2. The van der Waals surface area contributed by atoms with E-state index >= 15 is 0 Å². The van der Waals surface area contributed by atoms with Gasteiger partial charge in [0.1, 0.15) is 11.6 Å². The van der Waals surface area contributed by atoms with Crippen LogP contribution < -0.4 is 10.6 Å². The molecule has 1 aromatic rings. The predicted molar refractivity (Wildman–Crippen MR) is 65.7 cm³/mol. The SMILES string of the molecule is CC1CCN(c2cc(C(F)(F)F)cc(N)n2)C1CO. The number of aliphatic hydroxyl groups excluding tert-OH is 1. The molecule has 106 valence electrons. The van der Waals surface area contributed by atoms with Gasteiger partial charge in [0.05, 0.1) is 18.2 Å². The van der Waals surface area contributed by atoms with Crippen LogP contribution in [-0.4, -0.2) is 29.3 Å². The zero-order valence-electron chi connectivity index (χ0n) is 10.5. The van der Waals surface area contributed by atoms with Crippen molar-refractivity contribution in [2.45, 2.75) is 25.6 Å². The summed E-state index contributed by atoms with van der Waals surface area (Å²) in [5.74, 6) is 0.222. The molecule has 2 atom stereocenters. The van der Waals surface area contributed by atoms with Crippen molar-refractivity contribution in [1.29, 1.82) is 0 Å². The number of aliphatic hydroxyl groups is 1. The molecule has 0 aliphatic carbocycles. The molecule has 0 amide bonds. The second-order valence-corrected chi connectivity index (χ2v) is 4.85. The van der Waals surface area contributed by atoms with Gasteiger partial charge in [0.25, 0.3) is 0 Å². The van der Waals surface area contributed by atoms with E-state index in [0.717, 1.165) is 18.6 Å². The number of hydrogen-bond donors (Lipinski definition) is 2. The lowest BCUT2D eigenvalue weighted by atomic mass is 10.0. The molecule has 1 aromatic heterocycles. The Bertz CT molecular complexity index is 464. The molecular weight excluding hydrogens is 259 g/mol. The Hall–Kier alpha value is -1.50. The van der Waals surface area contributed by atoms with Gasteiger partial charge in [-0.1, -0.05) is 6.92 Å². The summed E-state index contributed by atoms with van der Waals surface area (Å²) in [6.45, 7) is 2.41. The summed E-state index contributed by atoms with van der Waals surface area (Å²) in [5.41, 5.74) is 4.63. The third-order valence-corrected chi connectivity index (χ3v) is 3.52. The highest BCUT2D eigenvalue weighted by Crippen LogP contribution is 2.35. The summed E-state index contributed by atoms with van der Waals surface area (Å²) >= 11 is 0. The lowest BCUT2D eigenvalue weighted by Crippen LogP contribution is -2.36. The third kappa shape index (κ3) is 2.75. The second kappa shape index (κ2) is 4.88. The third-order valence-electron chi connectivity index (χ3n) is 3.52. The largest absolute Gasteiger partial charge is 0.416 e. The van der Waals surface area contributed by atoms with Gasteiger partial charge in [-0.05, 0) is 24.5 Å². The molecular formula is C12H16F3N3O. The van der Waals surface area contributed by atoms with Crippen molar-refractivity contribution < 1.29 is 18.3 Å². The van der Waals surface area contributed by atoms with Crippen LogP contribution in [-0.2, 0) is 6.18 Å². The van der Waals surface area contributed by atoms with Crippen LogP contribution in [0.25, 0.3) is 0 Å². The van der Waals surface area contributed by atoms with Gasteiger partial charge >= 0.3 is 6.18 Å². The Morgan fingerprint density at radius 3 is 2.74 bits per heavy atom. The summed E-state index contributed by atoms with van der Waals surface area (Å²) in [7, 11) is 0. The molecule has 4 nitrogen and oxygen atoms in total. The first-order chi connectivity index (χ1) is 8.82. The average Bonchev–Trinajstić information content (AvgIpc) is 2.68. The first-order valence-electron chi connectivity index (χ1n) is 6.05. The van der Waals surface area contributed by atoms with E-state index < -0.39 is 11.7 Å². The molecule has 0 aromatic carbocycles. The number of pyridine rings is 1. The van der Waals surface area contributed by atoms with Crippen molar-refractivity contribution in [1.82, 2.24) is 4.98 Å². The molecule has 2 unspecified atom stereocenters. The standard InChI is InChI=1S/C12H16F3N3O/c1-7-2-3-18(9(7)6-19)11-5-8(12(13,14)15)4-10(16)17-11/h4-5,7,9,19H,2-3,6H2,1H3,(H2,16,17). The van der Waals surface area contributed by atoms with Gasteiger partial charge in [-0.2, -0.15) is 13.2 Å². The number of nitrogen functional groups attached to an aromatic ring is 1. The fourth-order valence-corrected chi connectivity index (χ4v) is 2.42. The summed E-state index contributed by atoms with van der Waals surface area (Å²) in [6.07, 6.45) is -3.64. The van der Waals surface area contributed by atoms with Crippen molar-refractivity contribution in [3.8, 4) is 0 Å². The molecule has 1 fully saturated rings. The highest BCUT2D eigenvalue weighted by atomic mass is 19.4. The molecule has 1 aliphatic heterocycles. The predicted octanol–water partition coefficient (Wildman–Crippen LogP) is 1.89. The topological polar surface area (TPSA) is 62.4 Å². The van der Waals surface area contributed by atoms with Crippen molar-refractivity contribution in [2.75, 3.05) is 23.8 Å². The van der Waals surface area contributed by atoms with E-state index in [0.29, 0.717) is 6.54 Å². The quantitative estimate of drug-likeness (QED) is 0.865. The zero-order valence-corrected chi connectivity index (χ0v) is 10.5. The van der Waals surface area contributed by atoms with Crippen LogP contribution in [0.2, 0.25) is 0 Å². The van der Waals surface area contributed by atoms with Gasteiger partial charge in [0.15, 0.2) is 0 Å². The number of halogens is 3. The molecule has 7 heteroatoms. The molecule has 0 spiro atoms. The van der Waals surface area contributed by atoms with Crippen LogP contribution in [0.4, 0.5) is 24.8 Å². The fourth-order valence-electron chi connectivity index (χ4n) is 2.42. The van der Waals surface area contributed by atoms with Crippen LogP contribution in [0.5, 0.6) is 0 Å². The lowest BCUT2D eigenvalue weighted by molar-refractivity contribution is -0.137. The Labute approximate surface area is 109 Å². The van der Waals surface area contributed by atoms with Crippen molar-refractivity contribution in [2.24, 2.45) is 5.92 Å². The van der Waals surface area contributed by atoms with Crippen molar-refractivity contribution in [3.05, 3.63) is 17.7 Å². The van der Waals surface area contributed by atoms with E-state index in [-0.39, 0.29) is 30.2 Å². The van der Waals surface area contributed by atoms with E-state index in [1.807, 2.05) is 6.92 Å². The van der Waals surface area contributed by atoms with E-state index in [2.05, 4.69) is 4.98 Å². The molecule has 0 radical (unpaired) electrons. The van der Waals surface area contributed by atoms with E-state index in [4.69, 9.17) is 5.73 Å². The highest BCUT2D eigenvalue weighted by Gasteiger charge is 2.35. The number of anilines is 2. The van der Waals surface area contributed by atoms with Crippen molar-refractivity contribution >= 4 is 11.6 Å². The molecule has 2 heterocycles.